The van der Waals surface area contributed by atoms with E-state index in [0.717, 1.165) is 0 Å². The minimum Gasteiger partial charge on any atom is -0.389 e. The molecule has 0 fully saturated rings. The van der Waals surface area contributed by atoms with Crippen LogP contribution in [0.2, 0.25) is 0 Å². The Morgan fingerprint density at radius 1 is 0.923 bits per heavy atom. The lowest BCUT2D eigenvalue weighted by Gasteiger charge is -2.32. The van der Waals surface area contributed by atoms with Crippen molar-refractivity contribution in [2.75, 3.05) is 0 Å². The highest BCUT2D eigenvalue weighted by atomic mass is 79.9. The zero-order valence-corrected chi connectivity index (χ0v) is 15.6. The first-order valence-corrected chi connectivity index (χ1v) is 8.72. The van der Waals surface area contributed by atoms with Gasteiger partial charge >= 0.3 is 6.97 Å². The van der Waals surface area contributed by atoms with Gasteiger partial charge < -0.3 is 17.6 Å². The van der Waals surface area contributed by atoms with Crippen LogP contribution in [0.1, 0.15) is 11.3 Å². The summed E-state index contributed by atoms with van der Waals surface area (Å²) in [5.74, 6) is -7.26. The van der Waals surface area contributed by atoms with Crippen LogP contribution in [-0.4, -0.2) is 20.6 Å². The van der Waals surface area contributed by atoms with Gasteiger partial charge in [0.05, 0.1) is 10.2 Å². The van der Waals surface area contributed by atoms with Gasteiger partial charge in [-0.25, -0.2) is 17.6 Å². The maximum atomic E-state index is 15.0. The summed E-state index contributed by atoms with van der Waals surface area (Å²) in [7, 11) is 0. The Morgan fingerprint density at radius 3 is 2.31 bits per heavy atom. The summed E-state index contributed by atoms with van der Waals surface area (Å²) >= 11 is 6.01. The van der Waals surface area contributed by atoms with Crippen LogP contribution in [0.4, 0.5) is 26.2 Å². The summed E-state index contributed by atoms with van der Waals surface area (Å²) < 4.78 is 86.4. The van der Waals surface area contributed by atoms with Gasteiger partial charge in [-0.1, -0.05) is 0 Å². The van der Waals surface area contributed by atoms with Gasteiger partial charge in [-0.05, 0) is 34.1 Å². The topological polar surface area (TPSA) is 7.94 Å². The van der Waals surface area contributed by atoms with E-state index in [2.05, 4.69) is 31.9 Å². The molecular weight excluding hydrogens is 493 g/mol. The van der Waals surface area contributed by atoms with Gasteiger partial charge in [0, 0.05) is 39.3 Å². The van der Waals surface area contributed by atoms with E-state index in [4.69, 9.17) is 0 Å². The Labute approximate surface area is 159 Å². The maximum absolute atomic E-state index is 15.0. The molecule has 0 saturated heterocycles. The van der Waals surface area contributed by atoms with Gasteiger partial charge in [-0.2, -0.15) is 0 Å². The Bertz CT molecular complexity index is 1090. The molecule has 2 aliphatic heterocycles. The first kappa shape index (κ1) is 17.7. The van der Waals surface area contributed by atoms with Gasteiger partial charge in [0.1, 0.15) is 0 Å². The van der Waals surface area contributed by atoms with E-state index in [1.165, 1.54) is 24.3 Å². The molecule has 134 valence electrons. The van der Waals surface area contributed by atoms with Crippen molar-refractivity contribution in [2.45, 2.75) is 0 Å². The molecule has 1 aromatic carbocycles. The van der Waals surface area contributed by atoms with Crippen molar-refractivity contribution in [3.63, 3.8) is 0 Å². The van der Waals surface area contributed by atoms with Crippen molar-refractivity contribution < 1.29 is 30.7 Å². The molecule has 2 aliphatic rings. The lowest BCUT2D eigenvalue weighted by Crippen LogP contribution is -2.50. The molecular formula is C15H5BBr2F6N2. The number of hydrogen-bond donors (Lipinski definition) is 0. The Hall–Kier alpha value is -1.75. The fourth-order valence-corrected chi connectivity index (χ4v) is 4.30. The van der Waals surface area contributed by atoms with Crippen LogP contribution >= 0.6 is 31.9 Å². The molecule has 0 amide bonds. The van der Waals surface area contributed by atoms with Crippen LogP contribution in [0.3, 0.4) is 0 Å². The standard InChI is InChI=1S/C15H5BBr2F6N2/c17-10-3-1-8-12(6-5-7(19)14(21)15(22)13(6)20)9-2-4-11(18)26(9)16(23,24)25(8)10/h1-5H. The van der Waals surface area contributed by atoms with Crippen LogP contribution < -0.4 is 0 Å². The minimum absolute atomic E-state index is 0.00952. The molecule has 0 unspecified atom stereocenters. The van der Waals surface area contributed by atoms with E-state index in [0.29, 0.717) is 15.0 Å². The third kappa shape index (κ3) is 2.16. The lowest BCUT2D eigenvalue weighted by molar-refractivity contribution is -0.358. The van der Waals surface area contributed by atoms with E-state index in [1.54, 1.807) is 0 Å². The fraction of sp³-hybridized carbons (Fsp3) is 0. The molecule has 3 heterocycles. The van der Waals surface area contributed by atoms with Crippen LogP contribution in [0.5, 0.6) is 0 Å². The molecule has 26 heavy (non-hydrogen) atoms. The molecule has 0 saturated carbocycles. The normalized spacial score (nSPS) is 17.8. The Kier molecular flexibility index (Phi) is 3.82. The quantitative estimate of drug-likeness (QED) is 0.222. The molecule has 2 nitrogen and oxygen atoms in total. The summed E-state index contributed by atoms with van der Waals surface area (Å²) in [5.41, 5.74) is -1.18. The number of rotatable bonds is 1. The molecule has 4 rings (SSSR count). The summed E-state index contributed by atoms with van der Waals surface area (Å²) in [6.07, 6.45) is 2.57. The van der Waals surface area contributed by atoms with E-state index >= 15 is 8.63 Å². The van der Waals surface area contributed by atoms with Gasteiger partial charge in [0.15, 0.2) is 29.0 Å². The minimum atomic E-state index is -4.37. The zero-order valence-electron chi connectivity index (χ0n) is 12.4. The Balaban J connectivity index is 2.15. The first-order chi connectivity index (χ1) is 12.2. The monoisotopic (exact) mass is 496 g/mol. The Morgan fingerprint density at radius 2 is 1.62 bits per heavy atom. The second kappa shape index (κ2) is 5.62. The van der Waals surface area contributed by atoms with E-state index in [9.17, 15) is 17.6 Å². The first-order valence-electron chi connectivity index (χ1n) is 7.13. The summed E-state index contributed by atoms with van der Waals surface area (Å²) in [6.45, 7) is -4.37. The van der Waals surface area contributed by atoms with Crippen LogP contribution in [0.15, 0.2) is 40.7 Å². The molecule has 0 radical (unpaired) electrons. The summed E-state index contributed by atoms with van der Waals surface area (Å²) in [5, 5.41) is 0. The predicted molar refractivity (Wildman–Crippen MR) is 91.1 cm³/mol. The van der Waals surface area contributed by atoms with E-state index < -0.39 is 35.8 Å². The molecule has 0 bridgehead atoms. The average Bonchev–Trinajstić information content (AvgIpc) is 3.15. The van der Waals surface area contributed by atoms with Crippen LogP contribution in [-0.2, 0) is 0 Å². The number of aromatic nitrogens is 1. The molecule has 0 spiro atoms. The third-order valence-electron chi connectivity index (χ3n) is 4.24. The third-order valence-corrected chi connectivity index (χ3v) is 5.54. The number of nitrogens with zero attached hydrogens (tertiary/aromatic N) is 2. The number of allylic oxidation sites excluding steroid dienone is 2. The van der Waals surface area contributed by atoms with Crippen molar-refractivity contribution in [1.82, 2.24) is 4.48 Å². The predicted octanol–water partition coefficient (Wildman–Crippen LogP) is 5.18. The van der Waals surface area contributed by atoms with Crippen molar-refractivity contribution in [3.8, 4) is 0 Å². The molecule has 11 heteroatoms. The zero-order chi connectivity index (χ0) is 19.0. The van der Waals surface area contributed by atoms with E-state index in [1.807, 2.05) is 0 Å². The van der Waals surface area contributed by atoms with Gasteiger partial charge in [-0.15, -0.1) is 0 Å². The largest absolute Gasteiger partial charge is 0.738 e. The number of benzene rings is 1. The molecule has 0 aliphatic carbocycles. The highest BCUT2D eigenvalue weighted by molar-refractivity contribution is 9.18. The van der Waals surface area contributed by atoms with Crippen molar-refractivity contribution in [2.24, 2.45) is 0 Å². The highest BCUT2D eigenvalue weighted by Crippen LogP contribution is 2.43. The average molecular weight is 498 g/mol. The highest BCUT2D eigenvalue weighted by Gasteiger charge is 2.54. The van der Waals surface area contributed by atoms with Crippen molar-refractivity contribution >= 4 is 49.0 Å². The SMILES string of the molecule is Fc1cc(C2=C3C=CC(Br)=[N+]3[B-](F)(F)n3c(Br)ccc32)c(F)c(F)c1F. The van der Waals surface area contributed by atoms with Gasteiger partial charge in [0.2, 0.25) is 4.62 Å². The molecule has 0 atom stereocenters. The van der Waals surface area contributed by atoms with Crippen LogP contribution in [0, 0.1) is 23.3 Å². The van der Waals surface area contributed by atoms with Crippen molar-refractivity contribution in [1.29, 1.82) is 0 Å². The van der Waals surface area contributed by atoms with Gasteiger partial charge in [0.25, 0.3) is 0 Å². The van der Waals surface area contributed by atoms with Gasteiger partial charge in [-0.3, -0.25) is 0 Å². The maximum Gasteiger partial charge on any atom is 0.738 e. The molecule has 1 aromatic heterocycles. The van der Waals surface area contributed by atoms with E-state index in [-0.39, 0.29) is 26.2 Å². The fourth-order valence-electron chi connectivity index (χ4n) is 3.16. The second-order valence-electron chi connectivity index (χ2n) is 5.63. The molecule has 2 aromatic rings. The molecule has 0 N–H and O–H groups in total. The number of fused-ring (bicyclic) bond motifs is 2. The smallest absolute Gasteiger partial charge is 0.389 e. The van der Waals surface area contributed by atoms with Crippen LogP contribution in [0.25, 0.3) is 5.57 Å². The summed E-state index contributed by atoms with van der Waals surface area (Å²) in [6, 6.07) is 3.02. The summed E-state index contributed by atoms with van der Waals surface area (Å²) in [4.78, 5) is 0. The lowest BCUT2D eigenvalue weighted by atomic mass is 9.86. The van der Waals surface area contributed by atoms with Crippen molar-refractivity contribution in [3.05, 3.63) is 75.2 Å². The number of hydrogen-bond acceptors (Lipinski definition) is 0. The second-order valence-corrected chi connectivity index (χ2v) is 7.26. The number of halogens is 8.